The highest BCUT2D eigenvalue weighted by molar-refractivity contribution is 9.10. The fourth-order valence-corrected chi connectivity index (χ4v) is 3.24. The Labute approximate surface area is 176 Å². The third-order valence-electron chi connectivity index (χ3n) is 4.12. The van der Waals surface area contributed by atoms with Crippen molar-refractivity contribution in [1.29, 1.82) is 0 Å². The molecule has 1 heterocycles. The number of benzene rings is 2. The van der Waals surface area contributed by atoms with E-state index >= 15 is 0 Å². The lowest BCUT2D eigenvalue weighted by atomic mass is 10.1. The number of fused-ring (bicyclic) bond motifs is 1. The minimum atomic E-state index is -0.272. The van der Waals surface area contributed by atoms with Crippen LogP contribution < -0.4 is 14.2 Å². The Morgan fingerprint density at radius 3 is 2.69 bits per heavy atom. The fraction of sp³-hybridized carbons (Fsp3) is 0.238. The number of ketones is 1. The fourth-order valence-electron chi connectivity index (χ4n) is 2.66. The molecule has 2 aromatic carbocycles. The van der Waals surface area contributed by atoms with E-state index in [1.165, 1.54) is 23.1 Å². The number of carbonyl (C=O) groups is 2. The van der Waals surface area contributed by atoms with Crippen LogP contribution in [0.5, 0.6) is 23.0 Å². The number of halogens is 1. The largest absolute Gasteiger partial charge is 0.508 e. The molecule has 0 unspecified atom stereocenters. The number of hydrogen-bond acceptors (Lipinski definition) is 6. The summed E-state index contributed by atoms with van der Waals surface area (Å²) in [5.74, 6) is 0.844. The second kappa shape index (κ2) is 8.57. The molecule has 1 amide bonds. The van der Waals surface area contributed by atoms with E-state index in [0.717, 1.165) is 0 Å². The SMILES string of the molecule is CCOc1cc(/C=C2\Oc3cc(O)ccc3C2=O)cc(Br)c1OCC(=O)N(C)C. The predicted octanol–water partition coefficient (Wildman–Crippen LogP) is 3.64. The number of aromatic hydroxyl groups is 1. The van der Waals surface area contributed by atoms with Crippen LogP contribution in [0, 0.1) is 0 Å². The minimum Gasteiger partial charge on any atom is -0.508 e. The average Bonchev–Trinajstić information content (AvgIpc) is 2.95. The van der Waals surface area contributed by atoms with Crippen LogP contribution in [0.2, 0.25) is 0 Å². The summed E-state index contributed by atoms with van der Waals surface area (Å²) in [6.07, 6.45) is 1.58. The number of Topliss-reactive ketones (excluding diaryl/α,β-unsaturated/α-hetero) is 1. The van der Waals surface area contributed by atoms with Crippen LogP contribution in [-0.2, 0) is 4.79 Å². The minimum absolute atomic E-state index is 0.0212. The maximum Gasteiger partial charge on any atom is 0.259 e. The van der Waals surface area contributed by atoms with Crippen LogP contribution in [0.3, 0.4) is 0 Å². The molecule has 0 saturated heterocycles. The number of phenolic OH excluding ortho intramolecular Hbond substituents is 1. The highest BCUT2D eigenvalue weighted by Crippen LogP contribution is 2.39. The Morgan fingerprint density at radius 1 is 1.24 bits per heavy atom. The van der Waals surface area contributed by atoms with Crippen LogP contribution in [0.15, 0.2) is 40.6 Å². The molecule has 8 heteroatoms. The number of carbonyl (C=O) groups excluding carboxylic acids is 2. The molecule has 0 fully saturated rings. The zero-order chi connectivity index (χ0) is 21.1. The van der Waals surface area contributed by atoms with Gasteiger partial charge >= 0.3 is 0 Å². The van der Waals surface area contributed by atoms with Gasteiger partial charge in [-0.25, -0.2) is 0 Å². The zero-order valence-electron chi connectivity index (χ0n) is 16.2. The lowest BCUT2D eigenvalue weighted by Crippen LogP contribution is -2.27. The molecule has 0 radical (unpaired) electrons. The predicted molar refractivity (Wildman–Crippen MR) is 111 cm³/mol. The molecule has 152 valence electrons. The summed E-state index contributed by atoms with van der Waals surface area (Å²) in [6, 6.07) is 7.80. The van der Waals surface area contributed by atoms with Crippen molar-refractivity contribution in [2.45, 2.75) is 6.92 Å². The Morgan fingerprint density at radius 2 is 2.00 bits per heavy atom. The van der Waals surface area contributed by atoms with Crippen molar-refractivity contribution in [2.24, 2.45) is 0 Å². The van der Waals surface area contributed by atoms with Gasteiger partial charge in [-0.15, -0.1) is 0 Å². The Bertz CT molecular complexity index is 999. The Kier molecular flexibility index (Phi) is 6.12. The monoisotopic (exact) mass is 461 g/mol. The van der Waals surface area contributed by atoms with Gasteiger partial charge in [0.25, 0.3) is 5.91 Å². The molecule has 0 bridgehead atoms. The topological polar surface area (TPSA) is 85.3 Å². The number of amides is 1. The molecule has 0 aliphatic carbocycles. The standard InChI is InChI=1S/C21H20BrNO6/c1-4-27-18-9-12(7-15(22)21(18)28-11-19(25)23(2)3)8-17-20(26)14-6-5-13(24)10-16(14)29-17/h5-10,24H,4,11H2,1-3H3/b17-8-. The molecule has 2 aromatic rings. The number of likely N-dealkylation sites (N-methyl/N-ethyl adjacent to an activating group) is 1. The van der Waals surface area contributed by atoms with Gasteiger partial charge in [0, 0.05) is 20.2 Å². The molecule has 29 heavy (non-hydrogen) atoms. The molecule has 7 nitrogen and oxygen atoms in total. The molecule has 0 spiro atoms. The second-order valence-corrected chi connectivity index (χ2v) is 7.31. The van der Waals surface area contributed by atoms with Gasteiger partial charge in [0.05, 0.1) is 16.6 Å². The molecule has 3 rings (SSSR count). The number of phenols is 1. The zero-order valence-corrected chi connectivity index (χ0v) is 17.8. The summed E-state index contributed by atoms with van der Waals surface area (Å²) in [6.45, 7) is 2.09. The third kappa shape index (κ3) is 4.54. The van der Waals surface area contributed by atoms with E-state index in [1.807, 2.05) is 6.92 Å². The van der Waals surface area contributed by atoms with Crippen LogP contribution in [-0.4, -0.2) is 49.0 Å². The van der Waals surface area contributed by atoms with E-state index in [9.17, 15) is 14.7 Å². The van der Waals surface area contributed by atoms with Gasteiger partial charge in [0.15, 0.2) is 23.9 Å². The summed E-state index contributed by atoms with van der Waals surface area (Å²) < 4.78 is 17.5. The van der Waals surface area contributed by atoms with E-state index in [0.29, 0.717) is 39.5 Å². The lowest BCUT2D eigenvalue weighted by Gasteiger charge is -2.16. The molecule has 0 saturated carbocycles. The Balaban J connectivity index is 1.90. The molecule has 0 aromatic heterocycles. The van der Waals surface area contributed by atoms with Crippen molar-refractivity contribution in [2.75, 3.05) is 27.3 Å². The Hall–Kier alpha value is -3.00. The van der Waals surface area contributed by atoms with Gasteiger partial charge in [0.2, 0.25) is 5.78 Å². The van der Waals surface area contributed by atoms with E-state index < -0.39 is 0 Å². The quantitative estimate of drug-likeness (QED) is 0.660. The molecule has 1 N–H and O–H groups in total. The van der Waals surface area contributed by atoms with Crippen molar-refractivity contribution in [3.8, 4) is 23.0 Å². The van der Waals surface area contributed by atoms with Gasteiger partial charge in [-0.05, 0) is 58.8 Å². The number of allylic oxidation sites excluding steroid dienone is 1. The van der Waals surface area contributed by atoms with Gasteiger partial charge in [-0.3, -0.25) is 9.59 Å². The van der Waals surface area contributed by atoms with Crippen molar-refractivity contribution in [3.05, 3.63) is 51.7 Å². The van der Waals surface area contributed by atoms with Crippen molar-refractivity contribution >= 4 is 33.7 Å². The van der Waals surface area contributed by atoms with E-state index in [-0.39, 0.29) is 29.8 Å². The smallest absolute Gasteiger partial charge is 0.259 e. The first-order chi connectivity index (χ1) is 13.8. The number of rotatable bonds is 6. The molecule has 0 atom stereocenters. The second-order valence-electron chi connectivity index (χ2n) is 6.46. The van der Waals surface area contributed by atoms with Gasteiger partial charge in [-0.2, -0.15) is 0 Å². The summed E-state index contributed by atoms with van der Waals surface area (Å²) >= 11 is 3.44. The van der Waals surface area contributed by atoms with E-state index in [2.05, 4.69) is 15.9 Å². The number of hydrogen-bond donors (Lipinski definition) is 1. The van der Waals surface area contributed by atoms with Crippen molar-refractivity contribution in [3.63, 3.8) is 0 Å². The molecule has 1 aliphatic rings. The number of ether oxygens (including phenoxy) is 3. The first kappa shape index (κ1) is 20.7. The summed E-state index contributed by atoms with van der Waals surface area (Å²) in [7, 11) is 3.30. The van der Waals surface area contributed by atoms with Gasteiger partial charge in [-0.1, -0.05) is 0 Å². The first-order valence-electron chi connectivity index (χ1n) is 8.86. The van der Waals surface area contributed by atoms with Crippen LogP contribution in [0.4, 0.5) is 0 Å². The lowest BCUT2D eigenvalue weighted by molar-refractivity contribution is -0.130. The van der Waals surface area contributed by atoms with Gasteiger partial charge < -0.3 is 24.2 Å². The maximum absolute atomic E-state index is 12.5. The van der Waals surface area contributed by atoms with E-state index in [1.54, 1.807) is 32.3 Å². The summed E-state index contributed by atoms with van der Waals surface area (Å²) in [5, 5.41) is 9.57. The molecular formula is C21H20BrNO6. The van der Waals surface area contributed by atoms with E-state index in [4.69, 9.17) is 14.2 Å². The third-order valence-corrected chi connectivity index (χ3v) is 4.71. The number of nitrogens with zero attached hydrogens (tertiary/aromatic N) is 1. The molecular weight excluding hydrogens is 442 g/mol. The van der Waals surface area contributed by atoms with Crippen LogP contribution in [0.25, 0.3) is 6.08 Å². The summed E-state index contributed by atoms with van der Waals surface area (Å²) in [4.78, 5) is 25.8. The maximum atomic E-state index is 12.5. The highest BCUT2D eigenvalue weighted by Gasteiger charge is 2.27. The normalized spacial score (nSPS) is 13.8. The average molecular weight is 462 g/mol. The van der Waals surface area contributed by atoms with Crippen molar-refractivity contribution in [1.82, 2.24) is 4.90 Å². The van der Waals surface area contributed by atoms with Crippen LogP contribution >= 0.6 is 15.9 Å². The summed E-state index contributed by atoms with van der Waals surface area (Å²) in [5.41, 5.74) is 1.03. The molecule has 1 aliphatic heterocycles. The van der Waals surface area contributed by atoms with Crippen LogP contribution in [0.1, 0.15) is 22.8 Å². The first-order valence-corrected chi connectivity index (χ1v) is 9.66. The highest BCUT2D eigenvalue weighted by atomic mass is 79.9. The van der Waals surface area contributed by atoms with Crippen molar-refractivity contribution < 1.29 is 28.9 Å². The van der Waals surface area contributed by atoms with Gasteiger partial charge in [0.1, 0.15) is 11.5 Å².